The van der Waals surface area contributed by atoms with E-state index in [1.807, 2.05) is 0 Å². The lowest BCUT2D eigenvalue weighted by Crippen LogP contribution is -2.64. The van der Waals surface area contributed by atoms with Gasteiger partial charge in [0.1, 0.15) is 11.5 Å². The van der Waals surface area contributed by atoms with Crippen molar-refractivity contribution in [3.8, 4) is 0 Å². The van der Waals surface area contributed by atoms with E-state index in [0.29, 0.717) is 18.2 Å². The van der Waals surface area contributed by atoms with Crippen molar-refractivity contribution in [1.29, 1.82) is 0 Å². The lowest BCUT2D eigenvalue weighted by molar-refractivity contribution is -0.0311. The van der Waals surface area contributed by atoms with Crippen molar-refractivity contribution in [3.63, 3.8) is 0 Å². The number of ether oxygens (including phenoxy) is 1. The van der Waals surface area contributed by atoms with Crippen LogP contribution in [0.5, 0.6) is 0 Å². The number of fused-ring (bicyclic) bond motifs is 4. The van der Waals surface area contributed by atoms with Crippen LogP contribution in [0.15, 0.2) is 6.20 Å². The highest BCUT2D eigenvalue weighted by molar-refractivity contribution is 5.93. The second-order valence-corrected chi connectivity index (χ2v) is 8.43. The highest BCUT2D eigenvalue weighted by Crippen LogP contribution is 2.31. The number of amides is 1. The first-order chi connectivity index (χ1) is 12.8. The number of aromatic nitrogens is 2. The van der Waals surface area contributed by atoms with Gasteiger partial charge in [-0.05, 0) is 44.9 Å². The Bertz CT molecular complexity index is 667. The summed E-state index contributed by atoms with van der Waals surface area (Å²) >= 11 is 0. The van der Waals surface area contributed by atoms with Gasteiger partial charge in [-0.3, -0.25) is 9.69 Å². The standard InChI is InChI=1S/C20H30N4O2/c25-20(18-12-21-19-5-3-9-23(18)19)24-14-15-6-7-16(24)13-22(15)10-8-17-4-1-2-11-26-17/h12,15-17H,1-11,13-14H2. The monoisotopic (exact) mass is 358 g/mol. The molecule has 1 aromatic heterocycles. The summed E-state index contributed by atoms with van der Waals surface area (Å²) in [5.41, 5.74) is 0.812. The molecule has 2 bridgehead atoms. The molecule has 5 aliphatic rings. The molecule has 0 radical (unpaired) electrons. The molecule has 6 heterocycles. The Kier molecular flexibility index (Phi) is 4.49. The molecule has 1 aromatic rings. The van der Waals surface area contributed by atoms with Crippen molar-refractivity contribution in [2.75, 3.05) is 26.2 Å². The third-order valence-electron chi connectivity index (χ3n) is 6.86. The van der Waals surface area contributed by atoms with E-state index in [4.69, 9.17) is 4.74 Å². The minimum atomic E-state index is 0.204. The van der Waals surface area contributed by atoms with Crippen LogP contribution in [0.2, 0.25) is 0 Å². The van der Waals surface area contributed by atoms with Gasteiger partial charge in [0.05, 0.1) is 12.3 Å². The third-order valence-corrected chi connectivity index (χ3v) is 6.86. The number of nitrogens with zero attached hydrogens (tertiary/aromatic N) is 4. The van der Waals surface area contributed by atoms with Gasteiger partial charge in [-0.25, -0.2) is 4.98 Å². The van der Waals surface area contributed by atoms with Crippen LogP contribution in [0.4, 0.5) is 0 Å². The zero-order valence-corrected chi connectivity index (χ0v) is 15.6. The van der Waals surface area contributed by atoms with Gasteiger partial charge >= 0.3 is 0 Å². The number of piperazine rings is 1. The van der Waals surface area contributed by atoms with Crippen molar-refractivity contribution >= 4 is 5.91 Å². The number of carbonyl (C=O) groups excluding carboxylic acids is 1. The number of hydrogen-bond acceptors (Lipinski definition) is 4. The Morgan fingerprint density at radius 2 is 2.08 bits per heavy atom. The minimum Gasteiger partial charge on any atom is -0.378 e. The van der Waals surface area contributed by atoms with Crippen LogP contribution in [-0.2, 0) is 17.7 Å². The highest BCUT2D eigenvalue weighted by Gasteiger charge is 2.42. The average Bonchev–Trinajstić information content (AvgIpc) is 3.31. The molecular formula is C20H30N4O2. The van der Waals surface area contributed by atoms with Crippen molar-refractivity contribution in [3.05, 3.63) is 17.7 Å². The van der Waals surface area contributed by atoms with E-state index in [2.05, 4.69) is 19.4 Å². The quantitative estimate of drug-likeness (QED) is 0.827. The van der Waals surface area contributed by atoms with Crippen LogP contribution in [0.25, 0.3) is 0 Å². The van der Waals surface area contributed by atoms with Crippen molar-refractivity contribution in [2.24, 2.45) is 0 Å². The lowest BCUT2D eigenvalue weighted by atomic mass is 9.90. The maximum absolute atomic E-state index is 13.1. The van der Waals surface area contributed by atoms with Gasteiger partial charge in [0.2, 0.25) is 0 Å². The van der Waals surface area contributed by atoms with E-state index in [0.717, 1.165) is 70.0 Å². The second kappa shape index (κ2) is 6.97. The van der Waals surface area contributed by atoms with E-state index < -0.39 is 0 Å². The molecule has 3 unspecified atom stereocenters. The second-order valence-electron chi connectivity index (χ2n) is 8.43. The minimum absolute atomic E-state index is 0.204. The predicted octanol–water partition coefficient (Wildman–Crippen LogP) is 2.08. The number of imidazole rings is 1. The Labute approximate surface area is 155 Å². The number of piperidine rings is 2. The Hall–Kier alpha value is -1.40. The fourth-order valence-electron chi connectivity index (χ4n) is 5.36. The molecule has 142 valence electrons. The van der Waals surface area contributed by atoms with Crippen molar-refractivity contribution in [1.82, 2.24) is 19.4 Å². The van der Waals surface area contributed by atoms with E-state index >= 15 is 0 Å². The third kappa shape index (κ3) is 2.97. The van der Waals surface area contributed by atoms with Crippen LogP contribution >= 0.6 is 0 Å². The Morgan fingerprint density at radius 1 is 1.15 bits per heavy atom. The summed E-state index contributed by atoms with van der Waals surface area (Å²) in [6.45, 7) is 4.93. The Balaban J connectivity index is 1.22. The highest BCUT2D eigenvalue weighted by atomic mass is 16.5. The zero-order valence-electron chi connectivity index (χ0n) is 15.6. The van der Waals surface area contributed by atoms with Crippen LogP contribution in [0.3, 0.4) is 0 Å². The number of aryl methyl sites for hydroxylation is 1. The van der Waals surface area contributed by atoms with Gasteiger partial charge in [-0.2, -0.15) is 0 Å². The van der Waals surface area contributed by atoms with Gasteiger partial charge in [0.25, 0.3) is 5.91 Å². The van der Waals surface area contributed by atoms with Crippen molar-refractivity contribution in [2.45, 2.75) is 76.1 Å². The molecule has 26 heavy (non-hydrogen) atoms. The van der Waals surface area contributed by atoms with Gasteiger partial charge in [0.15, 0.2) is 0 Å². The van der Waals surface area contributed by atoms with Crippen molar-refractivity contribution < 1.29 is 9.53 Å². The first-order valence-electron chi connectivity index (χ1n) is 10.5. The first kappa shape index (κ1) is 16.8. The van der Waals surface area contributed by atoms with Crippen LogP contribution in [-0.4, -0.2) is 69.7 Å². The van der Waals surface area contributed by atoms with Gasteiger partial charge in [-0.15, -0.1) is 0 Å². The summed E-state index contributed by atoms with van der Waals surface area (Å²) in [6.07, 6.45) is 11.7. The molecule has 0 N–H and O–H groups in total. The average molecular weight is 358 g/mol. The van der Waals surface area contributed by atoms with Crippen LogP contribution in [0, 0.1) is 0 Å². The topological polar surface area (TPSA) is 50.6 Å². The van der Waals surface area contributed by atoms with Gasteiger partial charge < -0.3 is 14.2 Å². The maximum Gasteiger partial charge on any atom is 0.272 e. The van der Waals surface area contributed by atoms with E-state index in [9.17, 15) is 4.79 Å². The summed E-state index contributed by atoms with van der Waals surface area (Å²) in [5.74, 6) is 1.29. The summed E-state index contributed by atoms with van der Waals surface area (Å²) in [5, 5.41) is 0. The van der Waals surface area contributed by atoms with Gasteiger partial charge in [-0.1, -0.05) is 0 Å². The molecular weight excluding hydrogens is 328 g/mol. The number of rotatable bonds is 4. The van der Waals surface area contributed by atoms with Crippen LogP contribution in [0.1, 0.15) is 61.3 Å². The summed E-state index contributed by atoms with van der Waals surface area (Å²) < 4.78 is 8.04. The van der Waals surface area contributed by atoms with Crippen LogP contribution < -0.4 is 0 Å². The summed E-state index contributed by atoms with van der Waals surface area (Å²) in [4.78, 5) is 22.4. The molecule has 0 saturated carbocycles. The molecule has 6 heteroatoms. The molecule has 0 spiro atoms. The molecule has 1 amide bonds. The van der Waals surface area contributed by atoms with E-state index in [-0.39, 0.29) is 5.91 Å². The largest absolute Gasteiger partial charge is 0.378 e. The first-order valence-corrected chi connectivity index (χ1v) is 10.5. The van der Waals surface area contributed by atoms with Gasteiger partial charge in [0, 0.05) is 51.3 Å². The SMILES string of the molecule is O=C(c1cnc2n1CCC2)N1CC2CCC1CN2CCC1CCCCO1. The molecule has 4 fully saturated rings. The summed E-state index contributed by atoms with van der Waals surface area (Å²) in [6, 6.07) is 0.890. The molecule has 0 aromatic carbocycles. The lowest BCUT2D eigenvalue weighted by Gasteiger charge is -2.51. The number of carbonyl (C=O) groups is 1. The molecule has 3 atom stereocenters. The smallest absolute Gasteiger partial charge is 0.272 e. The summed E-state index contributed by atoms with van der Waals surface area (Å²) in [7, 11) is 0. The van der Waals surface area contributed by atoms with E-state index in [1.165, 1.54) is 25.7 Å². The fourth-order valence-corrected chi connectivity index (χ4v) is 5.36. The normalized spacial score (nSPS) is 31.4. The van der Waals surface area contributed by atoms with E-state index in [1.54, 1.807) is 6.20 Å². The predicted molar refractivity (Wildman–Crippen MR) is 98.2 cm³/mol. The molecule has 4 saturated heterocycles. The zero-order chi connectivity index (χ0) is 17.5. The molecule has 6 rings (SSSR count). The molecule has 0 aliphatic carbocycles. The Morgan fingerprint density at radius 3 is 2.88 bits per heavy atom. The number of hydrogen-bond donors (Lipinski definition) is 0. The molecule has 6 nitrogen and oxygen atoms in total. The molecule has 5 aliphatic heterocycles. The maximum atomic E-state index is 13.1. The fraction of sp³-hybridized carbons (Fsp3) is 0.800.